The number of benzene rings is 2. The van der Waals surface area contributed by atoms with Gasteiger partial charge in [-0.3, -0.25) is 4.68 Å². The minimum atomic E-state index is -0.738. The number of fused-ring (bicyclic) bond motifs is 1. The first-order valence-corrected chi connectivity index (χ1v) is 7.39. The van der Waals surface area contributed by atoms with Crippen molar-refractivity contribution in [1.82, 2.24) is 9.78 Å². The normalized spacial score (nSPS) is 12.8. The number of nitrogens with zero attached hydrogens (tertiary/aromatic N) is 2. The number of aromatic nitrogens is 2. The smallest absolute Gasteiger partial charge is 0.124 e. The maximum absolute atomic E-state index is 13.1. The summed E-state index contributed by atoms with van der Waals surface area (Å²) in [6, 6.07) is 12.2. The van der Waals surface area contributed by atoms with Gasteiger partial charge in [0, 0.05) is 23.3 Å². The third-order valence-electron chi connectivity index (χ3n) is 3.54. The molecule has 0 spiro atoms. The minimum absolute atomic E-state index is 0.332. The van der Waals surface area contributed by atoms with Gasteiger partial charge < -0.3 is 5.11 Å². The average molecular weight is 349 g/mol. The molecule has 0 aliphatic heterocycles. The van der Waals surface area contributed by atoms with Gasteiger partial charge in [-0.25, -0.2) is 4.39 Å². The van der Waals surface area contributed by atoms with Gasteiger partial charge in [-0.15, -0.1) is 0 Å². The van der Waals surface area contributed by atoms with Crippen molar-refractivity contribution in [2.45, 2.75) is 12.5 Å². The van der Waals surface area contributed by atoms with Crippen molar-refractivity contribution < 1.29 is 9.50 Å². The molecular formula is C16H14BrFN2O. The predicted molar refractivity (Wildman–Crippen MR) is 83.5 cm³/mol. The summed E-state index contributed by atoms with van der Waals surface area (Å²) in [6.07, 6.45) is -0.357. The van der Waals surface area contributed by atoms with E-state index in [0.717, 1.165) is 16.6 Å². The zero-order valence-electron chi connectivity index (χ0n) is 11.4. The van der Waals surface area contributed by atoms with Crippen molar-refractivity contribution in [2.24, 2.45) is 7.05 Å². The molecule has 2 aromatic carbocycles. The molecule has 0 aliphatic carbocycles. The van der Waals surface area contributed by atoms with E-state index in [2.05, 4.69) is 21.0 Å². The van der Waals surface area contributed by atoms with Crippen LogP contribution in [0.5, 0.6) is 0 Å². The van der Waals surface area contributed by atoms with E-state index in [1.165, 1.54) is 12.1 Å². The molecule has 0 radical (unpaired) electrons. The van der Waals surface area contributed by atoms with Crippen LogP contribution in [0.4, 0.5) is 4.39 Å². The van der Waals surface area contributed by atoms with Gasteiger partial charge in [-0.1, -0.05) is 40.2 Å². The summed E-state index contributed by atoms with van der Waals surface area (Å²) in [5, 5.41) is 15.9. The number of hydrogen-bond donors (Lipinski definition) is 1. The number of aliphatic hydroxyl groups excluding tert-OH is 1. The van der Waals surface area contributed by atoms with Gasteiger partial charge in [0.25, 0.3) is 0 Å². The van der Waals surface area contributed by atoms with Crippen LogP contribution >= 0.6 is 15.9 Å². The number of hydrogen-bond acceptors (Lipinski definition) is 2. The first-order valence-electron chi connectivity index (χ1n) is 6.60. The second kappa shape index (κ2) is 5.58. The first kappa shape index (κ1) is 14.2. The van der Waals surface area contributed by atoms with E-state index in [9.17, 15) is 9.50 Å². The summed E-state index contributed by atoms with van der Waals surface area (Å²) < 4.78 is 15.5. The fourth-order valence-corrected chi connectivity index (χ4v) is 3.12. The van der Waals surface area contributed by atoms with Crippen molar-refractivity contribution in [3.8, 4) is 0 Å². The molecule has 0 bridgehead atoms. The molecule has 1 unspecified atom stereocenters. The Bertz CT molecular complexity index is 800. The maximum atomic E-state index is 13.1. The van der Waals surface area contributed by atoms with Crippen LogP contribution in [-0.2, 0) is 13.5 Å². The monoisotopic (exact) mass is 348 g/mol. The Labute approximate surface area is 130 Å². The number of aliphatic hydroxyl groups is 1. The van der Waals surface area contributed by atoms with Crippen LogP contribution in [0.25, 0.3) is 10.9 Å². The third kappa shape index (κ3) is 2.71. The van der Waals surface area contributed by atoms with Crippen molar-refractivity contribution in [2.75, 3.05) is 0 Å². The Morgan fingerprint density at radius 1 is 1.29 bits per heavy atom. The van der Waals surface area contributed by atoms with Crippen molar-refractivity contribution in [3.05, 3.63) is 64.0 Å². The van der Waals surface area contributed by atoms with Crippen molar-refractivity contribution in [1.29, 1.82) is 0 Å². The summed E-state index contributed by atoms with van der Waals surface area (Å²) in [5.41, 5.74) is 2.51. The topological polar surface area (TPSA) is 38.0 Å². The van der Waals surface area contributed by atoms with Crippen LogP contribution in [0.1, 0.15) is 17.4 Å². The fraction of sp³-hybridized carbons (Fsp3) is 0.188. The lowest BCUT2D eigenvalue weighted by Gasteiger charge is -2.12. The number of rotatable bonds is 3. The third-order valence-corrected chi connectivity index (χ3v) is 4.23. The molecule has 0 fully saturated rings. The number of halogens is 2. The van der Waals surface area contributed by atoms with Gasteiger partial charge >= 0.3 is 0 Å². The predicted octanol–water partition coefficient (Wildman–Crippen LogP) is 3.75. The van der Waals surface area contributed by atoms with Gasteiger partial charge in [0.15, 0.2) is 0 Å². The molecule has 108 valence electrons. The number of aryl methyl sites for hydroxylation is 1. The largest absolute Gasteiger partial charge is 0.388 e. The molecular weight excluding hydrogens is 335 g/mol. The molecule has 3 rings (SSSR count). The summed E-state index contributed by atoms with van der Waals surface area (Å²) in [5.74, 6) is -0.332. The lowest BCUT2D eigenvalue weighted by atomic mass is 10.0. The second-order valence-corrected chi connectivity index (χ2v) is 5.83. The molecule has 0 saturated heterocycles. The molecule has 1 atom stereocenters. The van der Waals surface area contributed by atoms with Crippen LogP contribution < -0.4 is 0 Å². The second-order valence-electron chi connectivity index (χ2n) is 4.97. The van der Waals surface area contributed by atoms with Gasteiger partial charge in [0.05, 0.1) is 17.3 Å². The molecule has 21 heavy (non-hydrogen) atoms. The SMILES string of the molecule is Cn1nc(CC(O)c2ccc(F)cc2Br)c2ccccc21. The zero-order valence-corrected chi connectivity index (χ0v) is 13.0. The van der Waals surface area contributed by atoms with Gasteiger partial charge in [0.2, 0.25) is 0 Å². The quantitative estimate of drug-likeness (QED) is 0.782. The first-order chi connectivity index (χ1) is 10.1. The Morgan fingerprint density at radius 3 is 2.81 bits per heavy atom. The molecule has 0 saturated carbocycles. The van der Waals surface area contributed by atoms with Crippen LogP contribution in [0.15, 0.2) is 46.9 Å². The molecule has 3 nitrogen and oxygen atoms in total. The highest BCUT2D eigenvalue weighted by Gasteiger charge is 2.16. The summed E-state index contributed by atoms with van der Waals surface area (Å²) in [6.45, 7) is 0. The van der Waals surface area contributed by atoms with Crippen LogP contribution in [0, 0.1) is 5.82 Å². The Kier molecular flexibility index (Phi) is 3.78. The minimum Gasteiger partial charge on any atom is -0.388 e. The van der Waals surface area contributed by atoms with E-state index in [0.29, 0.717) is 16.5 Å². The summed E-state index contributed by atoms with van der Waals surface area (Å²) >= 11 is 3.29. The van der Waals surface area contributed by atoms with Gasteiger partial charge in [-0.2, -0.15) is 5.10 Å². The highest BCUT2D eigenvalue weighted by atomic mass is 79.9. The lowest BCUT2D eigenvalue weighted by Crippen LogP contribution is -2.04. The van der Waals surface area contributed by atoms with Gasteiger partial charge in [0.1, 0.15) is 5.82 Å². The molecule has 1 aromatic heterocycles. The van der Waals surface area contributed by atoms with Crippen LogP contribution in [0.2, 0.25) is 0 Å². The average Bonchev–Trinajstić information content (AvgIpc) is 2.76. The van der Waals surface area contributed by atoms with E-state index in [-0.39, 0.29) is 5.82 Å². The molecule has 0 amide bonds. The Balaban J connectivity index is 1.94. The Morgan fingerprint density at radius 2 is 2.05 bits per heavy atom. The maximum Gasteiger partial charge on any atom is 0.124 e. The van der Waals surface area contributed by atoms with E-state index in [1.54, 1.807) is 10.7 Å². The van der Waals surface area contributed by atoms with E-state index < -0.39 is 6.10 Å². The van der Waals surface area contributed by atoms with E-state index >= 15 is 0 Å². The summed E-state index contributed by atoms with van der Waals surface area (Å²) in [7, 11) is 1.88. The molecule has 1 heterocycles. The standard InChI is InChI=1S/C16H14BrFN2O/c1-20-15-5-3-2-4-12(15)14(19-20)9-16(21)11-7-6-10(18)8-13(11)17/h2-8,16,21H,9H2,1H3. The number of para-hydroxylation sites is 1. The van der Waals surface area contributed by atoms with Gasteiger partial charge in [-0.05, 0) is 23.8 Å². The molecule has 0 aliphatic rings. The highest BCUT2D eigenvalue weighted by molar-refractivity contribution is 9.10. The summed E-state index contributed by atoms with van der Waals surface area (Å²) in [4.78, 5) is 0. The molecule has 1 N–H and O–H groups in total. The zero-order chi connectivity index (χ0) is 15.0. The fourth-order valence-electron chi connectivity index (χ4n) is 2.50. The highest BCUT2D eigenvalue weighted by Crippen LogP contribution is 2.28. The van der Waals surface area contributed by atoms with Crippen molar-refractivity contribution in [3.63, 3.8) is 0 Å². The van der Waals surface area contributed by atoms with Crippen LogP contribution in [0.3, 0.4) is 0 Å². The molecule has 3 aromatic rings. The van der Waals surface area contributed by atoms with E-state index in [4.69, 9.17) is 0 Å². The van der Waals surface area contributed by atoms with E-state index in [1.807, 2.05) is 31.3 Å². The lowest BCUT2D eigenvalue weighted by molar-refractivity contribution is 0.176. The molecule has 5 heteroatoms. The van der Waals surface area contributed by atoms with Crippen molar-refractivity contribution >= 4 is 26.8 Å². The van der Waals surface area contributed by atoms with Crippen LogP contribution in [-0.4, -0.2) is 14.9 Å². The Hall–Kier alpha value is -1.72.